The zero-order valence-electron chi connectivity index (χ0n) is 12.2. The lowest BCUT2D eigenvalue weighted by molar-refractivity contribution is 0.0996. The predicted octanol–water partition coefficient (Wildman–Crippen LogP) is 3.25. The summed E-state index contributed by atoms with van der Waals surface area (Å²) in [6.07, 6.45) is 10.2. The first-order valence-corrected chi connectivity index (χ1v) is 7.62. The smallest absolute Gasteiger partial charge is 0.0576 e. The summed E-state index contributed by atoms with van der Waals surface area (Å²) in [4.78, 5) is 4.24. The summed E-state index contributed by atoms with van der Waals surface area (Å²) in [6.45, 7) is 6.32. The van der Waals surface area contributed by atoms with Gasteiger partial charge in [0.1, 0.15) is 0 Å². The van der Waals surface area contributed by atoms with Gasteiger partial charge in [0, 0.05) is 25.0 Å². The highest BCUT2D eigenvalue weighted by atomic mass is 16.5. The largest absolute Gasteiger partial charge is 0.378 e. The molecule has 0 saturated carbocycles. The Labute approximate surface area is 116 Å². The SMILES string of the molecule is CCNC(CCC1CCCO1)c1ccncc1CC. The maximum Gasteiger partial charge on any atom is 0.0576 e. The van der Waals surface area contributed by atoms with Crippen LogP contribution in [0.5, 0.6) is 0 Å². The van der Waals surface area contributed by atoms with Crippen LogP contribution in [0.3, 0.4) is 0 Å². The lowest BCUT2D eigenvalue weighted by Crippen LogP contribution is -2.23. The molecule has 2 unspecified atom stereocenters. The van der Waals surface area contributed by atoms with Gasteiger partial charge in [-0.15, -0.1) is 0 Å². The third kappa shape index (κ3) is 4.02. The molecule has 2 heterocycles. The summed E-state index contributed by atoms with van der Waals surface area (Å²) in [5.74, 6) is 0. The van der Waals surface area contributed by atoms with Gasteiger partial charge in [0.25, 0.3) is 0 Å². The Morgan fingerprint density at radius 3 is 3.05 bits per heavy atom. The molecule has 0 spiro atoms. The molecule has 3 heteroatoms. The van der Waals surface area contributed by atoms with E-state index in [1.165, 1.54) is 24.0 Å². The van der Waals surface area contributed by atoms with Crippen LogP contribution in [0, 0.1) is 0 Å². The summed E-state index contributed by atoms with van der Waals surface area (Å²) in [7, 11) is 0. The predicted molar refractivity (Wildman–Crippen MR) is 78.2 cm³/mol. The van der Waals surface area contributed by atoms with E-state index in [9.17, 15) is 0 Å². The van der Waals surface area contributed by atoms with E-state index in [0.29, 0.717) is 12.1 Å². The van der Waals surface area contributed by atoms with Crippen molar-refractivity contribution in [1.29, 1.82) is 0 Å². The Hall–Kier alpha value is -0.930. The number of hydrogen-bond acceptors (Lipinski definition) is 3. The van der Waals surface area contributed by atoms with Crippen LogP contribution >= 0.6 is 0 Å². The quantitative estimate of drug-likeness (QED) is 0.819. The second-order valence-corrected chi connectivity index (χ2v) is 5.25. The van der Waals surface area contributed by atoms with E-state index in [2.05, 4.69) is 30.2 Å². The molecule has 0 aliphatic carbocycles. The van der Waals surface area contributed by atoms with E-state index < -0.39 is 0 Å². The molecule has 2 atom stereocenters. The van der Waals surface area contributed by atoms with Gasteiger partial charge in [0.05, 0.1) is 6.10 Å². The Morgan fingerprint density at radius 1 is 1.47 bits per heavy atom. The first-order chi connectivity index (χ1) is 9.35. The number of nitrogens with zero attached hydrogens (tertiary/aromatic N) is 1. The highest BCUT2D eigenvalue weighted by Gasteiger charge is 2.19. The molecular formula is C16H26N2O. The van der Waals surface area contributed by atoms with Crippen LogP contribution in [0.1, 0.15) is 56.7 Å². The highest BCUT2D eigenvalue weighted by molar-refractivity contribution is 5.26. The molecule has 0 amide bonds. The molecule has 0 bridgehead atoms. The minimum absolute atomic E-state index is 0.437. The van der Waals surface area contributed by atoms with Gasteiger partial charge in [-0.2, -0.15) is 0 Å². The number of ether oxygens (including phenoxy) is 1. The first-order valence-electron chi connectivity index (χ1n) is 7.62. The van der Waals surface area contributed by atoms with Crippen LogP contribution in [-0.2, 0) is 11.2 Å². The zero-order chi connectivity index (χ0) is 13.5. The fraction of sp³-hybridized carbons (Fsp3) is 0.688. The molecule has 3 nitrogen and oxygen atoms in total. The molecule has 1 aromatic rings. The molecule has 1 aromatic heterocycles. The third-order valence-electron chi connectivity index (χ3n) is 3.95. The van der Waals surface area contributed by atoms with Crippen LogP contribution in [0.15, 0.2) is 18.5 Å². The van der Waals surface area contributed by atoms with E-state index >= 15 is 0 Å². The maximum atomic E-state index is 5.73. The summed E-state index contributed by atoms with van der Waals surface area (Å²) in [5, 5.41) is 3.61. The number of rotatable bonds is 7. The molecule has 0 aromatic carbocycles. The van der Waals surface area contributed by atoms with Crippen molar-refractivity contribution in [1.82, 2.24) is 10.3 Å². The monoisotopic (exact) mass is 262 g/mol. The zero-order valence-corrected chi connectivity index (χ0v) is 12.2. The Balaban J connectivity index is 2.01. The molecule has 19 heavy (non-hydrogen) atoms. The average Bonchev–Trinajstić information content (AvgIpc) is 2.96. The summed E-state index contributed by atoms with van der Waals surface area (Å²) < 4.78 is 5.73. The summed E-state index contributed by atoms with van der Waals surface area (Å²) >= 11 is 0. The van der Waals surface area contributed by atoms with Gasteiger partial charge in [-0.05, 0) is 55.8 Å². The molecule has 1 fully saturated rings. The van der Waals surface area contributed by atoms with Gasteiger partial charge in [-0.3, -0.25) is 4.98 Å². The van der Waals surface area contributed by atoms with E-state index in [1.807, 2.05) is 12.4 Å². The van der Waals surface area contributed by atoms with Gasteiger partial charge in [0.15, 0.2) is 0 Å². The fourth-order valence-electron chi connectivity index (χ4n) is 2.91. The number of pyridine rings is 1. The minimum atomic E-state index is 0.437. The maximum absolute atomic E-state index is 5.73. The standard InChI is InChI=1S/C16H26N2O/c1-3-13-12-17-10-9-15(13)16(18-4-2)8-7-14-6-5-11-19-14/h9-10,12,14,16,18H,3-8,11H2,1-2H3. The van der Waals surface area contributed by atoms with Crippen LogP contribution < -0.4 is 5.32 Å². The van der Waals surface area contributed by atoms with Crippen molar-refractivity contribution < 1.29 is 4.74 Å². The molecule has 1 aliphatic heterocycles. The van der Waals surface area contributed by atoms with Crippen molar-refractivity contribution >= 4 is 0 Å². The summed E-state index contributed by atoms with van der Waals surface area (Å²) in [5.41, 5.74) is 2.78. The molecule has 106 valence electrons. The van der Waals surface area contributed by atoms with E-state index in [1.54, 1.807) is 0 Å². The average molecular weight is 262 g/mol. The van der Waals surface area contributed by atoms with Crippen LogP contribution in [0.2, 0.25) is 0 Å². The van der Waals surface area contributed by atoms with Crippen molar-refractivity contribution in [3.63, 3.8) is 0 Å². The number of aryl methyl sites for hydroxylation is 1. The Morgan fingerprint density at radius 2 is 2.37 bits per heavy atom. The molecule has 1 aliphatic rings. The van der Waals surface area contributed by atoms with Crippen LogP contribution in [0.4, 0.5) is 0 Å². The second-order valence-electron chi connectivity index (χ2n) is 5.25. The van der Waals surface area contributed by atoms with E-state index in [0.717, 1.165) is 32.4 Å². The van der Waals surface area contributed by atoms with Crippen molar-refractivity contribution in [2.24, 2.45) is 0 Å². The van der Waals surface area contributed by atoms with Crippen molar-refractivity contribution in [2.45, 2.75) is 58.1 Å². The molecule has 1 N–H and O–H groups in total. The van der Waals surface area contributed by atoms with Crippen molar-refractivity contribution in [2.75, 3.05) is 13.2 Å². The van der Waals surface area contributed by atoms with Gasteiger partial charge in [-0.1, -0.05) is 13.8 Å². The van der Waals surface area contributed by atoms with Gasteiger partial charge < -0.3 is 10.1 Å². The third-order valence-corrected chi connectivity index (χ3v) is 3.95. The highest BCUT2D eigenvalue weighted by Crippen LogP contribution is 2.26. The molecule has 2 rings (SSSR count). The molecule has 1 saturated heterocycles. The van der Waals surface area contributed by atoms with Gasteiger partial charge in [0.2, 0.25) is 0 Å². The van der Waals surface area contributed by atoms with Crippen LogP contribution in [-0.4, -0.2) is 24.2 Å². The van der Waals surface area contributed by atoms with Crippen LogP contribution in [0.25, 0.3) is 0 Å². The first kappa shape index (κ1) is 14.5. The molecular weight excluding hydrogens is 236 g/mol. The minimum Gasteiger partial charge on any atom is -0.378 e. The van der Waals surface area contributed by atoms with E-state index in [-0.39, 0.29) is 0 Å². The van der Waals surface area contributed by atoms with Gasteiger partial charge in [-0.25, -0.2) is 0 Å². The number of aromatic nitrogens is 1. The normalized spacial score (nSPS) is 20.6. The fourth-order valence-corrected chi connectivity index (χ4v) is 2.91. The Bertz CT molecular complexity index is 375. The van der Waals surface area contributed by atoms with Crippen molar-refractivity contribution in [3.8, 4) is 0 Å². The molecule has 0 radical (unpaired) electrons. The van der Waals surface area contributed by atoms with Crippen molar-refractivity contribution in [3.05, 3.63) is 29.6 Å². The topological polar surface area (TPSA) is 34.1 Å². The Kier molecular flexibility index (Phi) is 5.80. The number of nitrogens with one attached hydrogen (secondary N) is 1. The summed E-state index contributed by atoms with van der Waals surface area (Å²) in [6, 6.07) is 2.61. The lowest BCUT2D eigenvalue weighted by atomic mass is 9.95. The lowest BCUT2D eigenvalue weighted by Gasteiger charge is -2.22. The second kappa shape index (κ2) is 7.61. The van der Waals surface area contributed by atoms with E-state index in [4.69, 9.17) is 4.74 Å². The number of hydrogen-bond donors (Lipinski definition) is 1. The van der Waals surface area contributed by atoms with Gasteiger partial charge >= 0.3 is 0 Å².